The Labute approximate surface area is 101 Å². The van der Waals surface area contributed by atoms with Crippen molar-refractivity contribution >= 4 is 28.7 Å². The predicted octanol–water partition coefficient (Wildman–Crippen LogP) is 1.64. The third kappa shape index (κ3) is 3.90. The van der Waals surface area contributed by atoms with Gasteiger partial charge in [-0.2, -0.15) is 0 Å². The Balaban J connectivity index is 2.51. The summed E-state index contributed by atoms with van der Waals surface area (Å²) in [5.74, 6) is 0.0904. The van der Waals surface area contributed by atoms with Gasteiger partial charge < -0.3 is 15.2 Å². The van der Waals surface area contributed by atoms with E-state index in [0.717, 1.165) is 0 Å². The summed E-state index contributed by atoms with van der Waals surface area (Å²) < 4.78 is 5.38. The van der Waals surface area contributed by atoms with Gasteiger partial charge >= 0.3 is 6.09 Å². The van der Waals surface area contributed by atoms with Crippen molar-refractivity contribution in [3.63, 3.8) is 0 Å². The zero-order chi connectivity index (χ0) is 11.3. The van der Waals surface area contributed by atoms with Gasteiger partial charge in [0.25, 0.3) is 0 Å². The molecule has 1 amide bonds. The molecule has 0 aromatic carbocycles. The standard InChI is InChI=1S/C9H11IN2O3/c1-2-11-9(14)15-5-6-3-7(13)8(10)12-4-6/h3-4,13H,2,5H2,1H3,(H,11,14). The smallest absolute Gasteiger partial charge is 0.407 e. The number of pyridine rings is 1. The normalized spacial score (nSPS) is 9.73. The molecule has 0 saturated heterocycles. The molecule has 0 aliphatic carbocycles. The summed E-state index contributed by atoms with van der Waals surface area (Å²) in [7, 11) is 0. The summed E-state index contributed by atoms with van der Waals surface area (Å²) in [6.07, 6.45) is 1.08. The van der Waals surface area contributed by atoms with Crippen LogP contribution in [0.15, 0.2) is 12.3 Å². The zero-order valence-electron chi connectivity index (χ0n) is 8.16. The van der Waals surface area contributed by atoms with E-state index in [1.807, 2.05) is 22.6 Å². The van der Waals surface area contributed by atoms with E-state index < -0.39 is 6.09 Å². The van der Waals surface area contributed by atoms with Gasteiger partial charge in [0.05, 0.1) is 0 Å². The van der Waals surface area contributed by atoms with Crippen LogP contribution in [-0.4, -0.2) is 22.7 Å². The molecule has 0 aliphatic rings. The van der Waals surface area contributed by atoms with E-state index >= 15 is 0 Å². The van der Waals surface area contributed by atoms with Gasteiger partial charge in [0, 0.05) is 18.3 Å². The van der Waals surface area contributed by atoms with Crippen LogP contribution in [0, 0.1) is 3.70 Å². The summed E-state index contributed by atoms with van der Waals surface area (Å²) in [6.45, 7) is 2.43. The van der Waals surface area contributed by atoms with E-state index in [2.05, 4.69) is 10.3 Å². The van der Waals surface area contributed by atoms with Crippen molar-refractivity contribution in [1.29, 1.82) is 0 Å². The molecular formula is C9H11IN2O3. The van der Waals surface area contributed by atoms with Crippen molar-refractivity contribution in [3.05, 3.63) is 21.5 Å². The van der Waals surface area contributed by atoms with Crippen molar-refractivity contribution in [1.82, 2.24) is 10.3 Å². The lowest BCUT2D eigenvalue weighted by atomic mass is 10.3. The average Bonchev–Trinajstić information content (AvgIpc) is 2.20. The Morgan fingerprint density at radius 1 is 1.73 bits per heavy atom. The van der Waals surface area contributed by atoms with Crippen LogP contribution in [0.5, 0.6) is 5.75 Å². The van der Waals surface area contributed by atoms with Gasteiger partial charge in [0.2, 0.25) is 0 Å². The molecule has 5 nitrogen and oxygen atoms in total. The number of hydrogen-bond donors (Lipinski definition) is 2. The van der Waals surface area contributed by atoms with Crippen molar-refractivity contribution in [2.75, 3.05) is 6.54 Å². The van der Waals surface area contributed by atoms with Gasteiger partial charge in [-0.05, 0) is 35.6 Å². The quantitative estimate of drug-likeness (QED) is 0.656. The number of carbonyl (C=O) groups excluding carboxylic acids is 1. The van der Waals surface area contributed by atoms with E-state index in [-0.39, 0.29) is 12.4 Å². The number of ether oxygens (including phenoxy) is 1. The Hall–Kier alpha value is -1.05. The number of rotatable bonds is 3. The summed E-state index contributed by atoms with van der Waals surface area (Å²) in [5.41, 5.74) is 0.652. The first-order valence-corrected chi connectivity index (χ1v) is 5.45. The lowest BCUT2D eigenvalue weighted by Crippen LogP contribution is -2.23. The Morgan fingerprint density at radius 3 is 3.07 bits per heavy atom. The molecule has 0 saturated carbocycles. The fourth-order valence-corrected chi connectivity index (χ4v) is 1.20. The molecular weight excluding hydrogens is 311 g/mol. The lowest BCUT2D eigenvalue weighted by molar-refractivity contribution is 0.140. The number of aromatic hydroxyl groups is 1. The van der Waals surface area contributed by atoms with Crippen LogP contribution in [0.25, 0.3) is 0 Å². The third-order valence-corrected chi connectivity index (χ3v) is 2.40. The molecule has 15 heavy (non-hydrogen) atoms. The molecule has 1 aromatic rings. The molecule has 0 atom stereocenters. The van der Waals surface area contributed by atoms with Crippen LogP contribution in [0.1, 0.15) is 12.5 Å². The van der Waals surface area contributed by atoms with Crippen molar-refractivity contribution in [3.8, 4) is 5.75 Å². The van der Waals surface area contributed by atoms with Crippen LogP contribution in [0.3, 0.4) is 0 Å². The minimum Gasteiger partial charge on any atom is -0.505 e. The first-order chi connectivity index (χ1) is 7.13. The Bertz CT molecular complexity index is 357. The van der Waals surface area contributed by atoms with Gasteiger partial charge in [-0.3, -0.25) is 0 Å². The SMILES string of the molecule is CCNC(=O)OCc1cnc(I)c(O)c1. The summed E-state index contributed by atoms with van der Waals surface area (Å²) >= 11 is 1.91. The zero-order valence-corrected chi connectivity index (χ0v) is 10.3. The lowest BCUT2D eigenvalue weighted by Gasteiger charge is -2.05. The van der Waals surface area contributed by atoms with Crippen molar-refractivity contribution < 1.29 is 14.6 Å². The van der Waals surface area contributed by atoms with Gasteiger partial charge in [-0.25, -0.2) is 9.78 Å². The molecule has 1 rings (SSSR count). The molecule has 2 N–H and O–H groups in total. The number of amides is 1. The largest absolute Gasteiger partial charge is 0.505 e. The maximum absolute atomic E-state index is 11.0. The molecule has 0 aliphatic heterocycles. The second-order valence-corrected chi connectivity index (χ2v) is 3.78. The van der Waals surface area contributed by atoms with Crippen LogP contribution < -0.4 is 5.32 Å². The molecule has 0 bridgehead atoms. The molecule has 0 spiro atoms. The number of nitrogens with one attached hydrogen (secondary N) is 1. The maximum Gasteiger partial charge on any atom is 0.407 e. The summed E-state index contributed by atoms with van der Waals surface area (Å²) in [4.78, 5) is 14.9. The van der Waals surface area contributed by atoms with Gasteiger partial charge in [-0.1, -0.05) is 0 Å². The monoisotopic (exact) mass is 322 g/mol. The highest BCUT2D eigenvalue weighted by Crippen LogP contribution is 2.17. The molecule has 0 fully saturated rings. The van der Waals surface area contributed by atoms with Crippen molar-refractivity contribution in [2.24, 2.45) is 0 Å². The first-order valence-electron chi connectivity index (χ1n) is 4.37. The molecule has 0 unspecified atom stereocenters. The van der Waals surface area contributed by atoms with Crippen LogP contribution in [0.2, 0.25) is 0 Å². The minimum atomic E-state index is -0.476. The third-order valence-electron chi connectivity index (χ3n) is 1.57. The van der Waals surface area contributed by atoms with Crippen LogP contribution in [0.4, 0.5) is 4.79 Å². The number of aromatic nitrogens is 1. The second kappa shape index (κ2) is 5.74. The van der Waals surface area contributed by atoms with E-state index in [1.54, 1.807) is 13.1 Å². The fraction of sp³-hybridized carbons (Fsp3) is 0.333. The number of nitrogens with zero attached hydrogens (tertiary/aromatic N) is 1. The fourth-order valence-electron chi connectivity index (χ4n) is 0.901. The Kier molecular flexibility index (Phi) is 4.60. The number of carbonyl (C=O) groups is 1. The van der Waals surface area contributed by atoms with E-state index in [4.69, 9.17) is 4.74 Å². The van der Waals surface area contributed by atoms with Crippen molar-refractivity contribution in [2.45, 2.75) is 13.5 Å². The highest BCUT2D eigenvalue weighted by atomic mass is 127. The number of halogens is 1. The van der Waals surface area contributed by atoms with Gasteiger partial charge in [-0.15, -0.1) is 0 Å². The molecule has 1 aromatic heterocycles. The van der Waals surface area contributed by atoms with Crippen LogP contribution >= 0.6 is 22.6 Å². The number of hydrogen-bond acceptors (Lipinski definition) is 4. The van der Waals surface area contributed by atoms with E-state index in [0.29, 0.717) is 15.8 Å². The Morgan fingerprint density at radius 2 is 2.47 bits per heavy atom. The number of alkyl carbamates (subject to hydrolysis) is 1. The maximum atomic E-state index is 11.0. The molecule has 82 valence electrons. The molecule has 0 radical (unpaired) electrons. The van der Waals surface area contributed by atoms with E-state index in [9.17, 15) is 9.90 Å². The topological polar surface area (TPSA) is 71.5 Å². The molecule has 1 heterocycles. The van der Waals surface area contributed by atoms with Gasteiger partial charge in [0.1, 0.15) is 16.1 Å². The van der Waals surface area contributed by atoms with E-state index in [1.165, 1.54) is 6.07 Å². The average molecular weight is 322 g/mol. The summed E-state index contributed by atoms with van der Waals surface area (Å²) in [6, 6.07) is 1.52. The summed E-state index contributed by atoms with van der Waals surface area (Å²) in [5, 5.41) is 11.8. The highest BCUT2D eigenvalue weighted by molar-refractivity contribution is 14.1. The minimum absolute atomic E-state index is 0.0904. The molecule has 6 heteroatoms. The second-order valence-electron chi connectivity index (χ2n) is 2.76. The first kappa shape index (κ1) is 12.0. The highest BCUT2D eigenvalue weighted by Gasteiger charge is 2.04. The van der Waals surface area contributed by atoms with Gasteiger partial charge in [0.15, 0.2) is 0 Å². The predicted molar refractivity (Wildman–Crippen MR) is 62.5 cm³/mol. The van der Waals surface area contributed by atoms with Crippen LogP contribution in [-0.2, 0) is 11.3 Å².